The van der Waals surface area contributed by atoms with Crippen molar-refractivity contribution in [1.29, 1.82) is 0 Å². The van der Waals surface area contributed by atoms with Crippen LogP contribution in [0.5, 0.6) is 0 Å². The lowest BCUT2D eigenvalue weighted by molar-refractivity contribution is -0.0502. The molecule has 166 valence electrons. The van der Waals surface area contributed by atoms with Gasteiger partial charge in [0.25, 0.3) is 0 Å². The van der Waals surface area contributed by atoms with Crippen molar-refractivity contribution in [3.05, 3.63) is 52.4 Å². The molecule has 32 heavy (non-hydrogen) atoms. The summed E-state index contributed by atoms with van der Waals surface area (Å²) in [6.45, 7) is 3.93. The number of aromatic nitrogens is 4. The summed E-state index contributed by atoms with van der Waals surface area (Å²) < 4.78 is 13.5. The Balaban J connectivity index is 1.51. The number of nitrogen functional groups attached to an aromatic ring is 1. The third kappa shape index (κ3) is 3.86. The van der Waals surface area contributed by atoms with Crippen molar-refractivity contribution >= 4 is 38.3 Å². The monoisotopic (exact) mass is 496 g/mol. The molecular weight excluding hydrogens is 472 g/mol. The number of anilines is 1. The van der Waals surface area contributed by atoms with Crippen LogP contribution in [0.1, 0.15) is 17.7 Å². The van der Waals surface area contributed by atoms with Crippen molar-refractivity contribution in [2.24, 2.45) is 0 Å². The Kier molecular flexibility index (Phi) is 5.81. The van der Waals surface area contributed by atoms with Crippen molar-refractivity contribution in [2.45, 2.75) is 32.0 Å². The molecule has 0 bridgehead atoms. The van der Waals surface area contributed by atoms with E-state index in [1.165, 1.54) is 5.56 Å². The van der Waals surface area contributed by atoms with Crippen LogP contribution in [-0.4, -0.2) is 52.1 Å². The van der Waals surface area contributed by atoms with Crippen LogP contribution in [0.25, 0.3) is 27.7 Å². The van der Waals surface area contributed by atoms with Crippen LogP contribution >= 0.6 is 15.9 Å². The molecule has 8 nitrogen and oxygen atoms in total. The van der Waals surface area contributed by atoms with Crippen LogP contribution in [0.2, 0.25) is 0 Å². The highest BCUT2D eigenvalue weighted by Crippen LogP contribution is 2.31. The summed E-state index contributed by atoms with van der Waals surface area (Å²) in [6, 6.07) is 8.54. The fourth-order valence-corrected chi connectivity index (χ4v) is 4.56. The van der Waals surface area contributed by atoms with Crippen LogP contribution in [0.15, 0.2) is 41.1 Å². The first-order valence-corrected chi connectivity index (χ1v) is 11.4. The highest BCUT2D eigenvalue weighted by atomic mass is 79.9. The van der Waals surface area contributed by atoms with Gasteiger partial charge in [0.15, 0.2) is 5.65 Å². The fraction of sp³-hybridized carbons (Fsp3) is 0.348. The maximum Gasteiger partial charge on any atom is 0.165 e. The second kappa shape index (κ2) is 8.74. The van der Waals surface area contributed by atoms with Crippen LogP contribution in [0.3, 0.4) is 0 Å². The second-order valence-electron chi connectivity index (χ2n) is 8.10. The molecule has 0 unspecified atom stereocenters. The van der Waals surface area contributed by atoms with Gasteiger partial charge in [0, 0.05) is 49.0 Å². The van der Waals surface area contributed by atoms with E-state index in [1.807, 2.05) is 12.3 Å². The lowest BCUT2D eigenvalue weighted by Gasteiger charge is -2.31. The number of halogens is 1. The van der Waals surface area contributed by atoms with E-state index in [1.54, 1.807) is 17.8 Å². The molecule has 1 aliphatic rings. The molecule has 4 aromatic rings. The number of rotatable bonds is 5. The third-order valence-electron chi connectivity index (χ3n) is 5.98. The Morgan fingerprint density at radius 3 is 3.03 bits per heavy atom. The van der Waals surface area contributed by atoms with Gasteiger partial charge in [0.2, 0.25) is 0 Å². The number of nitrogens with one attached hydrogen (secondary N) is 1. The predicted octanol–water partition coefficient (Wildman–Crippen LogP) is 3.49. The molecule has 1 fully saturated rings. The van der Waals surface area contributed by atoms with Crippen molar-refractivity contribution < 1.29 is 9.47 Å². The average molecular weight is 497 g/mol. The normalized spacial score (nSPS) is 19.1. The van der Waals surface area contributed by atoms with E-state index in [0.29, 0.717) is 31.2 Å². The van der Waals surface area contributed by atoms with Crippen molar-refractivity contribution in [3.8, 4) is 11.1 Å². The highest BCUT2D eigenvalue weighted by Gasteiger charge is 2.26. The van der Waals surface area contributed by atoms with Crippen LogP contribution in [-0.2, 0) is 16.0 Å². The van der Waals surface area contributed by atoms with Crippen molar-refractivity contribution in [1.82, 2.24) is 24.9 Å². The summed E-state index contributed by atoms with van der Waals surface area (Å²) in [5.41, 5.74) is 11.9. The number of hydrogen-bond acceptors (Lipinski definition) is 7. The molecule has 0 saturated carbocycles. The smallest absolute Gasteiger partial charge is 0.165 e. The molecule has 1 aromatic carbocycles. The van der Waals surface area contributed by atoms with E-state index in [4.69, 9.17) is 20.2 Å². The zero-order valence-corrected chi connectivity index (χ0v) is 19.6. The summed E-state index contributed by atoms with van der Waals surface area (Å²) in [6.07, 6.45) is 4.55. The van der Waals surface area contributed by atoms with E-state index in [9.17, 15) is 0 Å². The number of benzene rings is 1. The molecule has 0 aliphatic carbocycles. The number of hydrogen-bond donors (Lipinski definition) is 2. The van der Waals surface area contributed by atoms with Crippen LogP contribution in [0.4, 0.5) is 5.82 Å². The molecule has 9 heteroatoms. The van der Waals surface area contributed by atoms with Crippen molar-refractivity contribution in [2.75, 3.05) is 26.1 Å². The van der Waals surface area contributed by atoms with Gasteiger partial charge in [-0.2, -0.15) is 9.61 Å². The van der Waals surface area contributed by atoms with Gasteiger partial charge in [0.1, 0.15) is 5.82 Å². The van der Waals surface area contributed by atoms with Gasteiger partial charge in [0.05, 0.1) is 34.6 Å². The first-order valence-electron chi connectivity index (χ1n) is 10.6. The van der Waals surface area contributed by atoms with E-state index in [0.717, 1.165) is 38.6 Å². The van der Waals surface area contributed by atoms with E-state index in [2.05, 4.69) is 56.5 Å². The molecule has 3 aromatic heterocycles. The summed E-state index contributed by atoms with van der Waals surface area (Å²) in [5.74, 6) is 0.512. The molecule has 0 radical (unpaired) electrons. The highest BCUT2D eigenvalue weighted by molar-refractivity contribution is 9.10. The molecule has 1 saturated heterocycles. The molecular formula is C23H25BrN6O2. The molecule has 4 heterocycles. The number of aryl methyl sites for hydroxylation is 1. The Bertz CT molecular complexity index is 1290. The number of fused-ring (bicyclic) bond motifs is 2. The van der Waals surface area contributed by atoms with Gasteiger partial charge < -0.3 is 20.5 Å². The first kappa shape index (κ1) is 21.3. The van der Waals surface area contributed by atoms with Gasteiger partial charge >= 0.3 is 0 Å². The number of nitrogens with zero attached hydrogens (tertiary/aromatic N) is 4. The molecule has 0 spiro atoms. The number of nitrogens with two attached hydrogens (primary N) is 1. The second-order valence-corrected chi connectivity index (χ2v) is 8.89. The quantitative estimate of drug-likeness (QED) is 0.436. The van der Waals surface area contributed by atoms with E-state index >= 15 is 0 Å². The SMILES string of the molecule is CO[C@H]1COCC[C@H]1NCc1nc2c(-c3cnc4ccc(C)cc4c3)cnn2c(N)c1Br. The lowest BCUT2D eigenvalue weighted by Crippen LogP contribution is -2.47. The summed E-state index contributed by atoms with van der Waals surface area (Å²) >= 11 is 3.61. The van der Waals surface area contributed by atoms with E-state index < -0.39 is 0 Å². The standard InChI is InChI=1S/C23H25BrN6O2/c1-13-3-4-17-14(7-13)8-15(9-26-17)16-10-28-30-22(25)21(24)19(29-23(16)30)11-27-18-5-6-32-12-20(18)31-2/h3-4,7-10,18,20,27H,5-6,11-12,25H2,1-2H3/t18-,20+/m1/s1. The largest absolute Gasteiger partial charge is 0.383 e. The molecule has 5 rings (SSSR count). The Morgan fingerprint density at radius 1 is 1.31 bits per heavy atom. The predicted molar refractivity (Wildman–Crippen MR) is 127 cm³/mol. The summed E-state index contributed by atoms with van der Waals surface area (Å²) in [4.78, 5) is 9.54. The molecule has 3 N–H and O–H groups in total. The maximum atomic E-state index is 6.41. The van der Waals surface area contributed by atoms with Gasteiger partial charge in [-0.3, -0.25) is 4.98 Å². The number of pyridine rings is 1. The first-order chi connectivity index (χ1) is 15.5. The fourth-order valence-electron chi connectivity index (χ4n) is 4.17. The van der Waals surface area contributed by atoms with Gasteiger partial charge in [-0.25, -0.2) is 4.98 Å². The topological polar surface area (TPSA) is 99.6 Å². The van der Waals surface area contributed by atoms with Crippen LogP contribution in [0, 0.1) is 6.92 Å². The minimum atomic E-state index is 0.0151. The van der Waals surface area contributed by atoms with E-state index in [-0.39, 0.29) is 12.1 Å². The Morgan fingerprint density at radius 2 is 2.19 bits per heavy atom. The zero-order valence-electron chi connectivity index (χ0n) is 18.0. The molecule has 2 atom stereocenters. The molecule has 1 aliphatic heterocycles. The Hall–Kier alpha value is -2.59. The lowest BCUT2D eigenvalue weighted by atomic mass is 10.1. The van der Waals surface area contributed by atoms with Crippen LogP contribution < -0.4 is 11.1 Å². The van der Waals surface area contributed by atoms with Gasteiger partial charge in [-0.05, 0) is 47.5 Å². The zero-order chi connectivity index (χ0) is 22.2. The minimum absolute atomic E-state index is 0.0151. The van der Waals surface area contributed by atoms with Gasteiger partial charge in [-0.15, -0.1) is 0 Å². The number of ether oxygens (including phenoxy) is 2. The van der Waals surface area contributed by atoms with Gasteiger partial charge in [-0.1, -0.05) is 11.6 Å². The average Bonchev–Trinajstić information content (AvgIpc) is 3.24. The summed E-state index contributed by atoms with van der Waals surface area (Å²) in [7, 11) is 1.71. The minimum Gasteiger partial charge on any atom is -0.383 e. The number of methoxy groups -OCH3 is 1. The maximum absolute atomic E-state index is 6.41. The molecule has 0 amide bonds. The summed E-state index contributed by atoms with van der Waals surface area (Å²) in [5, 5.41) is 9.12. The van der Waals surface area contributed by atoms with Crippen molar-refractivity contribution in [3.63, 3.8) is 0 Å². The third-order valence-corrected chi connectivity index (χ3v) is 6.84. The Labute approximate surface area is 194 Å².